The number of piperidine rings is 1. The number of hydrogen-bond acceptors (Lipinski definition) is 4. The van der Waals surface area contributed by atoms with Crippen molar-refractivity contribution < 1.29 is 0 Å². The van der Waals surface area contributed by atoms with Gasteiger partial charge in [-0.2, -0.15) is 0 Å². The van der Waals surface area contributed by atoms with E-state index in [1.165, 1.54) is 24.0 Å². The van der Waals surface area contributed by atoms with E-state index in [0.717, 1.165) is 32.4 Å². The summed E-state index contributed by atoms with van der Waals surface area (Å²) < 4.78 is 1.73. The van der Waals surface area contributed by atoms with Gasteiger partial charge >= 0.3 is 0 Å². The standard InChI is InChI=1S/C21H28N4O/c1-2-24-14-11-22-20(21(24)26)25-12-9-18(10-13-25)23-19-8-7-16-5-3-4-6-17(16)15-19/h3-6,11,14,18-19,23H,2,7-10,12-13,15H2,1H3. The molecule has 26 heavy (non-hydrogen) atoms. The molecule has 1 aliphatic heterocycles. The normalized spacial score (nSPS) is 20.8. The molecule has 1 fully saturated rings. The van der Waals surface area contributed by atoms with Gasteiger partial charge in [0.05, 0.1) is 0 Å². The first-order chi connectivity index (χ1) is 12.7. The van der Waals surface area contributed by atoms with Gasteiger partial charge in [0.2, 0.25) is 0 Å². The monoisotopic (exact) mass is 352 g/mol. The number of rotatable bonds is 4. The summed E-state index contributed by atoms with van der Waals surface area (Å²) in [7, 11) is 0. The predicted octanol–water partition coefficient (Wildman–Crippen LogP) is 2.38. The SMILES string of the molecule is CCn1ccnc(N2CCC(NC3CCc4ccccc4C3)CC2)c1=O. The Morgan fingerprint density at radius 1 is 1.12 bits per heavy atom. The zero-order valence-electron chi connectivity index (χ0n) is 15.5. The smallest absolute Gasteiger partial charge is 0.293 e. The Balaban J connectivity index is 1.34. The summed E-state index contributed by atoms with van der Waals surface area (Å²) in [5.74, 6) is 0.611. The van der Waals surface area contributed by atoms with Crippen LogP contribution in [0.25, 0.3) is 0 Å². The lowest BCUT2D eigenvalue weighted by molar-refractivity contribution is 0.344. The van der Waals surface area contributed by atoms with Crippen molar-refractivity contribution in [2.24, 2.45) is 0 Å². The molecular weight excluding hydrogens is 324 g/mol. The van der Waals surface area contributed by atoms with Gasteiger partial charge in [-0.15, -0.1) is 0 Å². The van der Waals surface area contributed by atoms with Gasteiger partial charge in [-0.25, -0.2) is 4.98 Å². The molecule has 1 aromatic heterocycles. The number of fused-ring (bicyclic) bond motifs is 1. The zero-order chi connectivity index (χ0) is 17.9. The van der Waals surface area contributed by atoms with Gasteiger partial charge in [0.25, 0.3) is 5.56 Å². The van der Waals surface area contributed by atoms with Crippen LogP contribution in [0.4, 0.5) is 5.82 Å². The average molecular weight is 352 g/mol. The molecule has 1 atom stereocenters. The van der Waals surface area contributed by atoms with Gasteiger partial charge in [0.15, 0.2) is 5.82 Å². The summed E-state index contributed by atoms with van der Waals surface area (Å²) in [5.41, 5.74) is 3.05. The van der Waals surface area contributed by atoms with E-state index in [4.69, 9.17) is 0 Å². The Hall–Kier alpha value is -2.14. The fourth-order valence-corrected chi connectivity index (χ4v) is 4.33. The van der Waals surface area contributed by atoms with Crippen LogP contribution < -0.4 is 15.8 Å². The fourth-order valence-electron chi connectivity index (χ4n) is 4.33. The fraction of sp³-hybridized carbons (Fsp3) is 0.524. The molecule has 1 aliphatic carbocycles. The molecule has 1 unspecified atom stereocenters. The Kier molecular flexibility index (Phi) is 5.07. The first-order valence-electron chi connectivity index (χ1n) is 9.88. The van der Waals surface area contributed by atoms with E-state index in [2.05, 4.69) is 39.5 Å². The first kappa shape index (κ1) is 17.3. The summed E-state index contributed by atoms with van der Waals surface area (Å²) in [6, 6.07) is 9.94. The van der Waals surface area contributed by atoms with Crippen LogP contribution in [-0.4, -0.2) is 34.7 Å². The number of benzene rings is 1. The predicted molar refractivity (Wildman–Crippen MR) is 105 cm³/mol. The van der Waals surface area contributed by atoms with Crippen molar-refractivity contribution in [3.8, 4) is 0 Å². The molecule has 1 saturated heterocycles. The number of nitrogens with zero attached hydrogens (tertiary/aromatic N) is 3. The van der Waals surface area contributed by atoms with E-state index in [0.29, 0.717) is 24.4 Å². The van der Waals surface area contributed by atoms with Gasteiger partial charge in [0.1, 0.15) is 0 Å². The van der Waals surface area contributed by atoms with E-state index in [-0.39, 0.29) is 5.56 Å². The van der Waals surface area contributed by atoms with Crippen LogP contribution in [0, 0.1) is 0 Å². The number of nitrogens with one attached hydrogen (secondary N) is 1. The number of aromatic nitrogens is 2. The quantitative estimate of drug-likeness (QED) is 0.918. The third kappa shape index (κ3) is 3.54. The second-order valence-corrected chi connectivity index (χ2v) is 7.48. The van der Waals surface area contributed by atoms with Crippen LogP contribution in [0.1, 0.15) is 37.3 Å². The third-order valence-corrected chi connectivity index (χ3v) is 5.85. The van der Waals surface area contributed by atoms with Gasteiger partial charge in [0, 0.05) is 44.1 Å². The Morgan fingerprint density at radius 2 is 1.88 bits per heavy atom. The molecule has 5 nitrogen and oxygen atoms in total. The lowest BCUT2D eigenvalue weighted by Crippen LogP contribution is -2.49. The van der Waals surface area contributed by atoms with Crippen molar-refractivity contribution in [3.05, 3.63) is 58.1 Å². The molecule has 1 N–H and O–H groups in total. The molecule has 0 amide bonds. The Bertz CT molecular complexity index is 808. The van der Waals surface area contributed by atoms with Crippen molar-refractivity contribution in [3.63, 3.8) is 0 Å². The van der Waals surface area contributed by atoms with Crippen LogP contribution in [0.5, 0.6) is 0 Å². The maximum Gasteiger partial charge on any atom is 0.293 e. The van der Waals surface area contributed by atoms with E-state index in [9.17, 15) is 4.79 Å². The van der Waals surface area contributed by atoms with Crippen molar-refractivity contribution >= 4 is 5.82 Å². The summed E-state index contributed by atoms with van der Waals surface area (Å²) in [4.78, 5) is 19.0. The number of aryl methyl sites for hydroxylation is 2. The topological polar surface area (TPSA) is 50.2 Å². The maximum atomic E-state index is 12.5. The minimum absolute atomic E-state index is 0.0327. The van der Waals surface area contributed by atoms with E-state index < -0.39 is 0 Å². The van der Waals surface area contributed by atoms with Crippen LogP contribution in [0.2, 0.25) is 0 Å². The van der Waals surface area contributed by atoms with Gasteiger partial charge < -0.3 is 14.8 Å². The van der Waals surface area contributed by atoms with Crippen molar-refractivity contribution in [1.82, 2.24) is 14.9 Å². The first-order valence-corrected chi connectivity index (χ1v) is 9.88. The molecule has 1 aromatic carbocycles. The average Bonchev–Trinajstić information content (AvgIpc) is 2.69. The Morgan fingerprint density at radius 3 is 2.65 bits per heavy atom. The van der Waals surface area contributed by atoms with Crippen LogP contribution in [0.15, 0.2) is 41.5 Å². The molecule has 2 aromatic rings. The van der Waals surface area contributed by atoms with Crippen LogP contribution >= 0.6 is 0 Å². The highest BCUT2D eigenvalue weighted by atomic mass is 16.1. The second-order valence-electron chi connectivity index (χ2n) is 7.48. The highest BCUT2D eigenvalue weighted by Crippen LogP contribution is 2.23. The van der Waals surface area contributed by atoms with Gasteiger partial charge in [-0.1, -0.05) is 24.3 Å². The highest BCUT2D eigenvalue weighted by molar-refractivity contribution is 5.36. The number of hydrogen-bond donors (Lipinski definition) is 1. The molecule has 2 heterocycles. The van der Waals surface area contributed by atoms with Crippen molar-refractivity contribution in [2.45, 2.75) is 57.7 Å². The van der Waals surface area contributed by atoms with Gasteiger partial charge in [-0.05, 0) is 50.2 Å². The van der Waals surface area contributed by atoms with Crippen molar-refractivity contribution in [1.29, 1.82) is 0 Å². The molecule has 5 heteroatoms. The molecule has 138 valence electrons. The summed E-state index contributed by atoms with van der Waals surface area (Å²) in [5, 5.41) is 3.88. The zero-order valence-corrected chi connectivity index (χ0v) is 15.5. The largest absolute Gasteiger partial charge is 0.352 e. The van der Waals surface area contributed by atoms with Gasteiger partial charge in [-0.3, -0.25) is 4.79 Å². The summed E-state index contributed by atoms with van der Waals surface area (Å²) in [6.45, 7) is 4.48. The molecule has 4 rings (SSSR count). The molecule has 0 spiro atoms. The minimum Gasteiger partial charge on any atom is -0.352 e. The molecule has 0 bridgehead atoms. The van der Waals surface area contributed by atoms with E-state index >= 15 is 0 Å². The Labute approximate surface area is 155 Å². The van der Waals surface area contributed by atoms with Crippen molar-refractivity contribution in [2.75, 3.05) is 18.0 Å². The van der Waals surface area contributed by atoms with Crippen LogP contribution in [-0.2, 0) is 19.4 Å². The molecule has 0 radical (unpaired) electrons. The lowest BCUT2D eigenvalue weighted by atomic mass is 9.87. The molecular formula is C21H28N4O. The number of anilines is 1. The van der Waals surface area contributed by atoms with E-state index in [1.54, 1.807) is 17.0 Å². The second kappa shape index (κ2) is 7.62. The van der Waals surface area contributed by atoms with Crippen LogP contribution in [0.3, 0.4) is 0 Å². The minimum atomic E-state index is 0.0327. The molecule has 0 saturated carbocycles. The maximum absolute atomic E-state index is 12.5. The van der Waals surface area contributed by atoms with E-state index in [1.807, 2.05) is 6.92 Å². The highest BCUT2D eigenvalue weighted by Gasteiger charge is 2.25. The lowest BCUT2D eigenvalue weighted by Gasteiger charge is -2.36. The molecule has 2 aliphatic rings. The summed E-state index contributed by atoms with van der Waals surface area (Å²) >= 11 is 0. The third-order valence-electron chi connectivity index (χ3n) is 5.85. The summed E-state index contributed by atoms with van der Waals surface area (Å²) in [6.07, 6.45) is 9.18.